The summed E-state index contributed by atoms with van der Waals surface area (Å²) in [6, 6.07) is 9.00. The van der Waals surface area contributed by atoms with E-state index in [0.717, 1.165) is 68.2 Å². The van der Waals surface area contributed by atoms with Gasteiger partial charge in [0.05, 0.1) is 11.0 Å². The van der Waals surface area contributed by atoms with E-state index < -0.39 is 0 Å². The number of carbonyl (C=O) groups excluding carboxylic acids is 2. The van der Waals surface area contributed by atoms with E-state index in [9.17, 15) is 9.59 Å². The van der Waals surface area contributed by atoms with Crippen LogP contribution in [0, 0.1) is 5.92 Å². The summed E-state index contributed by atoms with van der Waals surface area (Å²) in [7, 11) is 0. The zero-order valence-electron chi connectivity index (χ0n) is 22.6. The first-order chi connectivity index (χ1) is 18.2. The molecular weight excluding hydrogens is 460 g/mol. The maximum atomic E-state index is 14.0. The highest BCUT2D eigenvalue weighted by Crippen LogP contribution is 2.31. The Hall–Kier alpha value is -2.37. The highest BCUT2D eigenvalue weighted by molar-refractivity contribution is 5.81. The van der Waals surface area contributed by atoms with Crippen molar-refractivity contribution < 1.29 is 9.59 Å². The molecule has 3 fully saturated rings. The first-order valence-electron chi connectivity index (χ1n) is 15.2. The summed E-state index contributed by atoms with van der Waals surface area (Å²) >= 11 is 0. The van der Waals surface area contributed by atoms with Crippen molar-refractivity contribution in [1.82, 2.24) is 19.8 Å². The van der Waals surface area contributed by atoms with Crippen molar-refractivity contribution in [2.75, 3.05) is 6.54 Å². The molecule has 5 rings (SSSR count). The zero-order valence-corrected chi connectivity index (χ0v) is 22.6. The summed E-state index contributed by atoms with van der Waals surface area (Å²) in [5.74, 6) is 1.66. The highest BCUT2D eigenvalue weighted by Gasteiger charge is 2.33. The monoisotopic (exact) mass is 506 g/mol. The van der Waals surface area contributed by atoms with Gasteiger partial charge in [-0.1, -0.05) is 69.9 Å². The Kier molecular flexibility index (Phi) is 9.17. The number of nitrogens with one attached hydrogen (secondary N) is 1. The number of benzene rings is 1. The predicted molar refractivity (Wildman–Crippen MR) is 148 cm³/mol. The number of nitrogens with zero attached hydrogens (tertiary/aromatic N) is 3. The zero-order chi connectivity index (χ0) is 25.5. The van der Waals surface area contributed by atoms with Crippen LogP contribution in [-0.4, -0.2) is 44.9 Å². The Labute approximate surface area is 222 Å². The number of aromatic nitrogens is 2. The third kappa shape index (κ3) is 6.56. The maximum Gasteiger partial charge on any atom is 0.243 e. The van der Waals surface area contributed by atoms with Crippen LogP contribution < -0.4 is 5.32 Å². The van der Waals surface area contributed by atoms with E-state index in [2.05, 4.69) is 20.9 Å². The number of para-hydroxylation sites is 2. The quantitative estimate of drug-likeness (QED) is 0.414. The number of imidazole rings is 1. The van der Waals surface area contributed by atoms with E-state index in [1.807, 2.05) is 18.2 Å². The number of hydrogen-bond donors (Lipinski definition) is 1. The van der Waals surface area contributed by atoms with Crippen LogP contribution >= 0.6 is 0 Å². The lowest BCUT2D eigenvalue weighted by atomic mass is 9.88. The molecule has 37 heavy (non-hydrogen) atoms. The van der Waals surface area contributed by atoms with Gasteiger partial charge in [-0.15, -0.1) is 0 Å². The Balaban J connectivity index is 1.27. The van der Waals surface area contributed by atoms with Crippen molar-refractivity contribution in [2.24, 2.45) is 5.92 Å². The topological polar surface area (TPSA) is 67.2 Å². The smallest absolute Gasteiger partial charge is 0.243 e. The molecule has 6 heteroatoms. The second kappa shape index (κ2) is 12.9. The van der Waals surface area contributed by atoms with Crippen molar-refractivity contribution in [2.45, 2.75) is 128 Å². The molecule has 0 spiro atoms. The molecule has 3 saturated carbocycles. The Morgan fingerprint density at radius 1 is 0.838 bits per heavy atom. The summed E-state index contributed by atoms with van der Waals surface area (Å²) in [6.07, 6.45) is 19.5. The van der Waals surface area contributed by atoms with E-state index in [1.165, 1.54) is 57.8 Å². The minimum Gasteiger partial charge on any atom is -0.356 e. The van der Waals surface area contributed by atoms with Crippen LogP contribution in [0.4, 0.5) is 0 Å². The third-order valence-electron chi connectivity index (χ3n) is 9.10. The lowest BCUT2D eigenvalue weighted by molar-refractivity contribution is -0.138. The third-order valence-corrected chi connectivity index (χ3v) is 9.10. The van der Waals surface area contributed by atoms with Crippen LogP contribution in [0.5, 0.6) is 0 Å². The predicted octanol–water partition coefficient (Wildman–Crippen LogP) is 6.16. The van der Waals surface area contributed by atoms with Crippen LogP contribution in [0.15, 0.2) is 24.3 Å². The number of fused-ring (bicyclic) bond motifs is 1. The summed E-state index contributed by atoms with van der Waals surface area (Å²) in [5.41, 5.74) is 2.00. The van der Waals surface area contributed by atoms with Crippen molar-refractivity contribution in [1.29, 1.82) is 0 Å². The lowest BCUT2D eigenvalue weighted by Gasteiger charge is -2.42. The first kappa shape index (κ1) is 26.2. The first-order valence-corrected chi connectivity index (χ1v) is 15.2. The molecule has 2 amide bonds. The summed E-state index contributed by atoms with van der Waals surface area (Å²) in [6.45, 7) is 1.04. The molecule has 1 aromatic heterocycles. The van der Waals surface area contributed by atoms with Crippen molar-refractivity contribution in [3.8, 4) is 0 Å². The van der Waals surface area contributed by atoms with Crippen molar-refractivity contribution >= 4 is 22.8 Å². The minimum absolute atomic E-state index is 0.196. The molecule has 1 heterocycles. The molecule has 0 unspecified atom stereocenters. The summed E-state index contributed by atoms with van der Waals surface area (Å²) in [5, 5.41) is 3.17. The fourth-order valence-corrected chi connectivity index (χ4v) is 7.10. The molecule has 2 aromatic rings. The minimum atomic E-state index is 0.196. The van der Waals surface area contributed by atoms with E-state index in [4.69, 9.17) is 4.98 Å². The molecule has 202 valence electrons. The maximum absolute atomic E-state index is 14.0. The molecule has 0 radical (unpaired) electrons. The van der Waals surface area contributed by atoms with Crippen molar-refractivity contribution in [3.63, 3.8) is 0 Å². The SMILES string of the molecule is O=C(NCCCc1nc2ccccc2n1CC(=O)N(C1CCCCC1)C1CCCCC1)C1CCCCC1. The Morgan fingerprint density at radius 2 is 1.43 bits per heavy atom. The average molecular weight is 507 g/mol. The largest absolute Gasteiger partial charge is 0.356 e. The van der Waals surface area contributed by atoms with Crippen LogP contribution in [0.25, 0.3) is 11.0 Å². The van der Waals surface area contributed by atoms with Gasteiger partial charge in [0.2, 0.25) is 11.8 Å². The molecule has 3 aliphatic carbocycles. The number of rotatable bonds is 9. The van der Waals surface area contributed by atoms with Crippen LogP contribution in [0.2, 0.25) is 0 Å². The normalized spacial score (nSPS) is 20.2. The number of carbonyl (C=O) groups is 2. The fourth-order valence-electron chi connectivity index (χ4n) is 7.10. The van der Waals surface area contributed by atoms with E-state index in [0.29, 0.717) is 25.2 Å². The summed E-state index contributed by atoms with van der Waals surface area (Å²) < 4.78 is 2.17. The van der Waals surface area contributed by atoms with Gasteiger partial charge in [0.1, 0.15) is 12.4 Å². The van der Waals surface area contributed by atoms with Crippen LogP contribution in [0.3, 0.4) is 0 Å². The second-order valence-corrected chi connectivity index (χ2v) is 11.7. The van der Waals surface area contributed by atoms with Gasteiger partial charge < -0.3 is 14.8 Å². The summed E-state index contributed by atoms with van der Waals surface area (Å²) in [4.78, 5) is 33.8. The lowest BCUT2D eigenvalue weighted by Crippen LogP contribution is -2.50. The molecule has 0 aliphatic heterocycles. The van der Waals surface area contributed by atoms with Gasteiger partial charge in [-0.05, 0) is 57.1 Å². The average Bonchev–Trinajstić information content (AvgIpc) is 3.29. The van der Waals surface area contributed by atoms with Gasteiger partial charge in [0.15, 0.2) is 0 Å². The second-order valence-electron chi connectivity index (χ2n) is 11.7. The van der Waals surface area contributed by atoms with Crippen molar-refractivity contribution in [3.05, 3.63) is 30.1 Å². The number of amides is 2. The molecular formula is C31H46N4O2. The van der Waals surface area contributed by atoms with Gasteiger partial charge >= 0.3 is 0 Å². The van der Waals surface area contributed by atoms with Gasteiger partial charge in [0, 0.05) is 31.0 Å². The van der Waals surface area contributed by atoms with Gasteiger partial charge in [-0.2, -0.15) is 0 Å². The molecule has 0 saturated heterocycles. The molecule has 0 atom stereocenters. The molecule has 1 aromatic carbocycles. The number of aryl methyl sites for hydroxylation is 1. The Morgan fingerprint density at radius 3 is 2.08 bits per heavy atom. The van der Waals surface area contributed by atoms with Crippen LogP contribution in [-0.2, 0) is 22.6 Å². The molecule has 3 aliphatic rings. The fraction of sp³-hybridized carbons (Fsp3) is 0.710. The van der Waals surface area contributed by atoms with E-state index >= 15 is 0 Å². The van der Waals surface area contributed by atoms with Gasteiger partial charge in [-0.25, -0.2) is 4.98 Å². The van der Waals surface area contributed by atoms with Gasteiger partial charge in [-0.3, -0.25) is 9.59 Å². The molecule has 0 bridgehead atoms. The van der Waals surface area contributed by atoms with Gasteiger partial charge in [0.25, 0.3) is 0 Å². The van der Waals surface area contributed by atoms with E-state index in [1.54, 1.807) is 0 Å². The molecule has 1 N–H and O–H groups in total. The molecule has 6 nitrogen and oxygen atoms in total. The van der Waals surface area contributed by atoms with E-state index in [-0.39, 0.29) is 17.7 Å². The van der Waals surface area contributed by atoms with Crippen LogP contribution in [0.1, 0.15) is 109 Å². The Bertz CT molecular complexity index is 1010. The standard InChI is InChI=1S/C31H46N4O2/c36-30(35(25-15-6-2-7-16-25)26-17-8-3-9-18-26)23-34-28-20-11-10-19-27(28)33-29(34)21-12-22-32-31(37)24-13-4-1-5-14-24/h10-11,19-20,24-26H,1-9,12-18,21-23H2,(H,32,37). The highest BCUT2D eigenvalue weighted by atomic mass is 16.2. The number of hydrogen-bond acceptors (Lipinski definition) is 3.